The van der Waals surface area contributed by atoms with Crippen LogP contribution >= 0.6 is 28.6 Å². The number of benzene rings is 1. The third kappa shape index (κ3) is 10.5. The molecule has 1 rings (SSSR count). The zero-order chi connectivity index (χ0) is 16.3. The molecule has 0 atom stereocenters. The Labute approximate surface area is 160 Å². The lowest BCUT2D eigenvalue weighted by molar-refractivity contribution is 0.555. The Balaban J connectivity index is 0.00000484. The highest BCUT2D eigenvalue weighted by atomic mass is 79.9. The van der Waals surface area contributed by atoms with E-state index in [4.69, 9.17) is 11.6 Å². The van der Waals surface area contributed by atoms with Crippen LogP contribution in [0.4, 0.5) is 0 Å². The van der Waals surface area contributed by atoms with Gasteiger partial charge in [-0.3, -0.25) is 0 Å². The molecular weight excluding hydrogens is 368 g/mol. The zero-order valence-electron chi connectivity index (χ0n) is 15.4. The molecule has 0 saturated carbocycles. The molecule has 2 heteroatoms. The minimum absolute atomic E-state index is 0. The predicted octanol–water partition coefficient (Wildman–Crippen LogP) is 8.20. The summed E-state index contributed by atoms with van der Waals surface area (Å²) in [6, 6.07) is 8.66. The summed E-state index contributed by atoms with van der Waals surface area (Å²) in [4.78, 5) is -0.255. The van der Waals surface area contributed by atoms with Gasteiger partial charge in [-0.15, -0.1) is 28.6 Å². The molecule has 0 fully saturated rings. The number of aryl methyl sites for hydroxylation is 1. The van der Waals surface area contributed by atoms with Gasteiger partial charge in [0.25, 0.3) is 0 Å². The smallest absolute Gasteiger partial charge is 0.0641 e. The first-order chi connectivity index (χ1) is 10.6. The van der Waals surface area contributed by atoms with Crippen LogP contribution in [0.1, 0.15) is 96.1 Å². The molecule has 0 unspecified atom stereocenters. The molecule has 0 amide bonds. The van der Waals surface area contributed by atoms with E-state index in [1.807, 2.05) is 0 Å². The highest BCUT2D eigenvalue weighted by Crippen LogP contribution is 2.31. The first kappa shape index (κ1) is 23.0. The maximum absolute atomic E-state index is 6.50. The lowest BCUT2D eigenvalue weighted by Crippen LogP contribution is -2.10. The van der Waals surface area contributed by atoms with Gasteiger partial charge < -0.3 is 0 Å². The first-order valence-electron chi connectivity index (χ1n) is 9.33. The molecule has 0 bridgehead atoms. The molecule has 0 N–H and O–H groups in total. The topological polar surface area (TPSA) is 0 Å². The van der Waals surface area contributed by atoms with Gasteiger partial charge in [0.2, 0.25) is 0 Å². The van der Waals surface area contributed by atoms with Crippen molar-refractivity contribution in [1.82, 2.24) is 0 Å². The molecule has 0 saturated heterocycles. The average molecular weight is 404 g/mol. The lowest BCUT2D eigenvalue weighted by Gasteiger charge is -2.20. The van der Waals surface area contributed by atoms with Crippen molar-refractivity contribution in [3.63, 3.8) is 0 Å². The van der Waals surface area contributed by atoms with E-state index < -0.39 is 0 Å². The third-order valence-corrected chi connectivity index (χ3v) is 4.66. The Morgan fingerprint density at radius 3 is 1.78 bits per heavy atom. The van der Waals surface area contributed by atoms with Crippen molar-refractivity contribution in [2.75, 3.05) is 0 Å². The van der Waals surface area contributed by atoms with E-state index in [-0.39, 0.29) is 21.9 Å². The molecular formula is C21H36BrCl. The number of hydrogen-bond donors (Lipinski definition) is 0. The van der Waals surface area contributed by atoms with E-state index in [0.717, 1.165) is 0 Å². The second kappa shape index (κ2) is 13.3. The number of hydrogen-bond acceptors (Lipinski definition) is 0. The van der Waals surface area contributed by atoms with Crippen LogP contribution < -0.4 is 0 Å². The highest BCUT2D eigenvalue weighted by Gasteiger charge is 2.19. The number of halogens is 2. The van der Waals surface area contributed by atoms with E-state index in [1.165, 1.54) is 81.8 Å². The molecule has 1 aromatic rings. The third-order valence-electron chi connectivity index (χ3n) is 4.46. The largest absolute Gasteiger partial charge is 0.115 e. The fourth-order valence-corrected chi connectivity index (χ4v) is 3.31. The van der Waals surface area contributed by atoms with Gasteiger partial charge in [0.05, 0.1) is 4.87 Å². The number of alkyl halides is 1. The Bertz CT molecular complexity index is 395. The van der Waals surface area contributed by atoms with Gasteiger partial charge in [-0.2, -0.15) is 0 Å². The van der Waals surface area contributed by atoms with Crippen molar-refractivity contribution in [2.45, 2.75) is 96.3 Å². The Morgan fingerprint density at radius 1 is 0.783 bits per heavy atom. The van der Waals surface area contributed by atoms with Gasteiger partial charge in [-0.25, -0.2) is 0 Å². The maximum Gasteiger partial charge on any atom is 0.0641 e. The van der Waals surface area contributed by atoms with Gasteiger partial charge in [-0.1, -0.05) is 89.0 Å². The van der Waals surface area contributed by atoms with Crippen molar-refractivity contribution < 1.29 is 0 Å². The predicted molar refractivity (Wildman–Crippen MR) is 111 cm³/mol. The normalized spacial score (nSPS) is 11.3. The molecule has 0 aliphatic carbocycles. The van der Waals surface area contributed by atoms with E-state index in [1.54, 1.807) is 0 Å². The van der Waals surface area contributed by atoms with E-state index in [0.29, 0.717) is 0 Å². The van der Waals surface area contributed by atoms with Crippen molar-refractivity contribution in [2.24, 2.45) is 0 Å². The van der Waals surface area contributed by atoms with Crippen LogP contribution in [-0.4, -0.2) is 0 Å². The summed E-state index contributed by atoms with van der Waals surface area (Å²) >= 11 is 6.50. The second-order valence-corrected chi connectivity index (χ2v) is 8.01. The van der Waals surface area contributed by atoms with Gasteiger partial charge in [-0.05, 0) is 37.8 Å². The molecule has 0 radical (unpaired) electrons. The fraction of sp³-hybridized carbons (Fsp3) is 0.714. The fourth-order valence-electron chi connectivity index (χ4n) is 3.12. The summed E-state index contributed by atoms with van der Waals surface area (Å²) in [5.41, 5.74) is 2.73. The summed E-state index contributed by atoms with van der Waals surface area (Å²) in [5.74, 6) is 0. The van der Waals surface area contributed by atoms with E-state index in [2.05, 4.69) is 45.0 Å². The van der Waals surface area contributed by atoms with Crippen molar-refractivity contribution in [1.29, 1.82) is 0 Å². The molecule has 0 nitrogen and oxygen atoms in total. The van der Waals surface area contributed by atoms with Gasteiger partial charge in [0.15, 0.2) is 0 Å². The molecule has 0 heterocycles. The zero-order valence-corrected chi connectivity index (χ0v) is 17.8. The molecule has 23 heavy (non-hydrogen) atoms. The van der Waals surface area contributed by atoms with Gasteiger partial charge >= 0.3 is 0 Å². The number of unbranched alkanes of at least 4 members (excludes halogenated alkanes) is 9. The van der Waals surface area contributed by atoms with E-state index in [9.17, 15) is 0 Å². The summed E-state index contributed by atoms with van der Waals surface area (Å²) < 4.78 is 0. The van der Waals surface area contributed by atoms with Crippen LogP contribution in [0, 0.1) is 0 Å². The van der Waals surface area contributed by atoms with Gasteiger partial charge in [0.1, 0.15) is 0 Å². The maximum atomic E-state index is 6.50. The number of rotatable bonds is 12. The highest BCUT2D eigenvalue weighted by molar-refractivity contribution is 8.93. The van der Waals surface area contributed by atoms with Crippen LogP contribution in [0.25, 0.3) is 0 Å². The quantitative estimate of drug-likeness (QED) is 0.243. The minimum Gasteiger partial charge on any atom is -0.115 e. The first-order valence-corrected chi connectivity index (χ1v) is 9.70. The Kier molecular flexibility index (Phi) is 13.3. The molecule has 0 spiro atoms. The standard InChI is InChI=1S/C21H35Cl.BrH/c1-4-5-6-7-8-9-10-11-12-13-16-19-17-14-15-18-20(19)21(2,3)22;/h14-15,17-18H,4-13,16H2,1-3H3;1H. The Hall–Kier alpha value is -0.0100. The van der Waals surface area contributed by atoms with Crippen molar-refractivity contribution >= 4 is 28.6 Å². The second-order valence-electron chi connectivity index (χ2n) is 7.06. The van der Waals surface area contributed by atoms with E-state index >= 15 is 0 Å². The molecule has 0 aliphatic heterocycles. The van der Waals surface area contributed by atoms with Crippen LogP contribution in [0.15, 0.2) is 24.3 Å². The van der Waals surface area contributed by atoms with Crippen LogP contribution in [-0.2, 0) is 11.3 Å². The molecule has 0 aromatic heterocycles. The van der Waals surface area contributed by atoms with Crippen molar-refractivity contribution in [3.05, 3.63) is 35.4 Å². The summed E-state index contributed by atoms with van der Waals surface area (Å²) in [5, 5.41) is 0. The SMILES string of the molecule is Br.CCCCCCCCCCCCc1ccccc1C(C)(C)Cl. The summed E-state index contributed by atoms with van der Waals surface area (Å²) in [7, 11) is 0. The molecule has 1 aromatic carbocycles. The van der Waals surface area contributed by atoms with Crippen molar-refractivity contribution in [3.8, 4) is 0 Å². The Morgan fingerprint density at radius 2 is 1.26 bits per heavy atom. The summed E-state index contributed by atoms with van der Waals surface area (Å²) in [6.45, 7) is 6.46. The lowest BCUT2D eigenvalue weighted by atomic mass is 9.93. The minimum atomic E-state index is -0.255. The van der Waals surface area contributed by atoms with Gasteiger partial charge in [0, 0.05) is 0 Å². The summed E-state index contributed by atoms with van der Waals surface area (Å²) in [6.07, 6.45) is 15.1. The van der Waals surface area contributed by atoms with Crippen LogP contribution in [0.5, 0.6) is 0 Å². The average Bonchev–Trinajstić information content (AvgIpc) is 2.48. The monoisotopic (exact) mass is 402 g/mol. The molecule has 134 valence electrons. The molecule has 0 aliphatic rings. The van der Waals surface area contributed by atoms with Crippen LogP contribution in [0.3, 0.4) is 0 Å². The van der Waals surface area contributed by atoms with Crippen LogP contribution in [0.2, 0.25) is 0 Å².